The van der Waals surface area contributed by atoms with Gasteiger partial charge in [0.25, 0.3) is 0 Å². The lowest BCUT2D eigenvalue weighted by atomic mass is 10.2. The van der Waals surface area contributed by atoms with Gasteiger partial charge in [0.15, 0.2) is 0 Å². The number of nitrogens with one attached hydrogen (secondary N) is 1. The Labute approximate surface area is 159 Å². The van der Waals surface area contributed by atoms with Gasteiger partial charge in [-0.1, -0.05) is 29.8 Å². The normalized spacial score (nSPS) is 13.0. The summed E-state index contributed by atoms with van der Waals surface area (Å²) in [7, 11) is -3.50. The summed E-state index contributed by atoms with van der Waals surface area (Å²) in [5.74, 6) is -0.164. The lowest BCUT2D eigenvalue weighted by Gasteiger charge is -2.07. The van der Waals surface area contributed by atoms with Gasteiger partial charge in [-0.3, -0.25) is 0 Å². The largest absolute Gasteiger partial charge is 0.383 e. The third kappa shape index (κ3) is 4.91. The quantitative estimate of drug-likeness (QED) is 0.611. The zero-order valence-corrected chi connectivity index (χ0v) is 16.3. The van der Waals surface area contributed by atoms with Crippen molar-refractivity contribution in [2.45, 2.75) is 18.4 Å². The summed E-state index contributed by atoms with van der Waals surface area (Å²) >= 11 is 8.94. The molecule has 0 aliphatic carbocycles. The molecule has 2 aromatic heterocycles. The van der Waals surface area contributed by atoms with E-state index in [1.165, 1.54) is 22.7 Å². The maximum Gasteiger partial charge on any atom is 0.216 e. The van der Waals surface area contributed by atoms with Crippen LogP contribution in [0.25, 0.3) is 0 Å². The van der Waals surface area contributed by atoms with Crippen LogP contribution in [0.15, 0.2) is 53.2 Å². The van der Waals surface area contributed by atoms with Crippen molar-refractivity contribution in [2.24, 2.45) is 0 Å². The summed E-state index contributed by atoms with van der Waals surface area (Å²) in [6, 6.07) is 12.4. The van der Waals surface area contributed by atoms with Crippen molar-refractivity contribution < 1.29 is 13.5 Å². The van der Waals surface area contributed by atoms with Gasteiger partial charge in [-0.25, -0.2) is 13.1 Å². The standard InChI is InChI=1S/C17H16ClNO3S3/c18-15-4-2-1-3-13(15)11-25(21,22)19-9-14-5-6-16(24-14)17(20)12-7-8-23-10-12/h1-8,10,17,19-20H,9,11H2. The van der Waals surface area contributed by atoms with Crippen LogP contribution in [0, 0.1) is 0 Å². The van der Waals surface area contributed by atoms with Crippen LogP contribution in [-0.4, -0.2) is 13.5 Å². The van der Waals surface area contributed by atoms with E-state index in [0.29, 0.717) is 10.6 Å². The smallest absolute Gasteiger partial charge is 0.216 e. The molecule has 3 aromatic rings. The van der Waals surface area contributed by atoms with Crippen LogP contribution >= 0.6 is 34.3 Å². The zero-order chi connectivity index (χ0) is 17.9. The molecule has 2 N–H and O–H groups in total. The second-order valence-corrected chi connectivity index (χ2v) is 9.63. The number of halogens is 1. The number of rotatable bonds is 7. The molecule has 1 atom stereocenters. The van der Waals surface area contributed by atoms with E-state index in [1.807, 2.05) is 29.0 Å². The van der Waals surface area contributed by atoms with Gasteiger partial charge in [0, 0.05) is 21.3 Å². The molecular weight excluding hydrogens is 398 g/mol. The van der Waals surface area contributed by atoms with Crippen molar-refractivity contribution in [1.82, 2.24) is 4.72 Å². The Morgan fingerprint density at radius 1 is 1.16 bits per heavy atom. The Kier molecular flexibility index (Phi) is 5.93. The fraction of sp³-hybridized carbons (Fsp3) is 0.176. The summed E-state index contributed by atoms with van der Waals surface area (Å²) < 4.78 is 27.1. The van der Waals surface area contributed by atoms with E-state index in [2.05, 4.69) is 4.72 Å². The molecule has 8 heteroatoms. The number of hydrogen-bond donors (Lipinski definition) is 2. The van der Waals surface area contributed by atoms with Crippen molar-refractivity contribution >= 4 is 44.3 Å². The summed E-state index contributed by atoms with van der Waals surface area (Å²) in [4.78, 5) is 1.63. The Bertz CT molecular complexity index is 936. The Balaban J connectivity index is 1.63. The maximum absolute atomic E-state index is 12.2. The maximum atomic E-state index is 12.2. The van der Waals surface area contributed by atoms with Gasteiger partial charge in [0.2, 0.25) is 10.0 Å². The van der Waals surface area contributed by atoms with Gasteiger partial charge in [0.05, 0.1) is 5.75 Å². The summed E-state index contributed by atoms with van der Waals surface area (Å²) in [5, 5.41) is 14.6. The summed E-state index contributed by atoms with van der Waals surface area (Å²) in [6.07, 6.45) is -0.676. The molecule has 0 bridgehead atoms. The summed E-state index contributed by atoms with van der Waals surface area (Å²) in [5.41, 5.74) is 1.41. The number of hydrogen-bond acceptors (Lipinski definition) is 5. The van der Waals surface area contributed by atoms with E-state index in [9.17, 15) is 13.5 Å². The van der Waals surface area contributed by atoms with Crippen molar-refractivity contribution in [1.29, 1.82) is 0 Å². The van der Waals surface area contributed by atoms with Crippen LogP contribution in [0.4, 0.5) is 0 Å². The Morgan fingerprint density at radius 3 is 2.68 bits per heavy atom. The van der Waals surface area contributed by atoms with Gasteiger partial charge >= 0.3 is 0 Å². The van der Waals surface area contributed by atoms with E-state index in [1.54, 1.807) is 24.3 Å². The minimum Gasteiger partial charge on any atom is -0.383 e. The van der Waals surface area contributed by atoms with E-state index in [-0.39, 0.29) is 12.3 Å². The molecule has 0 saturated heterocycles. The number of benzene rings is 1. The van der Waals surface area contributed by atoms with Crippen molar-refractivity contribution in [3.8, 4) is 0 Å². The third-order valence-corrected chi connectivity index (χ3v) is 7.06. The second-order valence-electron chi connectivity index (χ2n) is 5.43. The highest BCUT2D eigenvalue weighted by molar-refractivity contribution is 7.88. The number of sulfonamides is 1. The molecule has 2 heterocycles. The molecule has 3 rings (SSSR count). The highest BCUT2D eigenvalue weighted by atomic mass is 35.5. The molecule has 4 nitrogen and oxygen atoms in total. The van der Waals surface area contributed by atoms with Gasteiger partial charge in [-0.15, -0.1) is 11.3 Å². The van der Waals surface area contributed by atoms with E-state index in [0.717, 1.165) is 15.3 Å². The minimum atomic E-state index is -3.50. The number of thiophene rings is 2. The third-order valence-electron chi connectivity index (χ3n) is 3.58. The summed E-state index contributed by atoms with van der Waals surface area (Å²) in [6.45, 7) is 0.188. The monoisotopic (exact) mass is 413 g/mol. The molecule has 0 aliphatic heterocycles. The van der Waals surface area contributed by atoms with Crippen molar-refractivity contribution in [3.63, 3.8) is 0 Å². The molecule has 0 amide bonds. The van der Waals surface area contributed by atoms with Crippen LogP contribution < -0.4 is 4.72 Å². The van der Waals surface area contributed by atoms with Crippen LogP contribution in [0.2, 0.25) is 5.02 Å². The molecule has 1 aromatic carbocycles. The Hall–Kier alpha value is -1.22. The van der Waals surface area contributed by atoms with E-state index < -0.39 is 16.1 Å². The van der Waals surface area contributed by atoms with Crippen LogP contribution in [-0.2, 0) is 22.3 Å². The first-order valence-electron chi connectivity index (χ1n) is 7.44. The van der Waals surface area contributed by atoms with Gasteiger partial charge < -0.3 is 5.11 Å². The van der Waals surface area contributed by atoms with Gasteiger partial charge in [-0.05, 0) is 46.2 Å². The molecule has 0 fully saturated rings. The zero-order valence-electron chi connectivity index (χ0n) is 13.1. The van der Waals surface area contributed by atoms with Crippen molar-refractivity contribution in [2.75, 3.05) is 0 Å². The number of aliphatic hydroxyl groups excluding tert-OH is 1. The highest BCUT2D eigenvalue weighted by Gasteiger charge is 2.16. The van der Waals surface area contributed by atoms with Crippen molar-refractivity contribution in [3.05, 3.63) is 79.1 Å². The molecule has 0 spiro atoms. The first-order chi connectivity index (χ1) is 11.9. The molecule has 132 valence electrons. The molecule has 0 radical (unpaired) electrons. The lowest BCUT2D eigenvalue weighted by Crippen LogP contribution is -2.24. The first-order valence-corrected chi connectivity index (χ1v) is 11.2. The van der Waals surface area contributed by atoms with E-state index >= 15 is 0 Å². The van der Waals surface area contributed by atoms with Crippen LogP contribution in [0.3, 0.4) is 0 Å². The van der Waals surface area contributed by atoms with Crippen LogP contribution in [0.1, 0.15) is 27.0 Å². The average molecular weight is 414 g/mol. The topological polar surface area (TPSA) is 66.4 Å². The number of aliphatic hydroxyl groups is 1. The molecule has 1 unspecified atom stereocenters. The fourth-order valence-corrected chi connectivity index (χ4v) is 5.44. The average Bonchev–Trinajstić information content (AvgIpc) is 3.26. The molecule has 0 saturated carbocycles. The van der Waals surface area contributed by atoms with E-state index in [4.69, 9.17) is 11.6 Å². The highest BCUT2D eigenvalue weighted by Crippen LogP contribution is 2.29. The minimum absolute atomic E-state index is 0.164. The second kappa shape index (κ2) is 7.99. The molecule has 25 heavy (non-hydrogen) atoms. The predicted octanol–water partition coefficient (Wildman–Crippen LogP) is 4.16. The molecular formula is C17H16ClNO3S3. The van der Waals surface area contributed by atoms with Crippen LogP contribution in [0.5, 0.6) is 0 Å². The van der Waals surface area contributed by atoms with Gasteiger partial charge in [0.1, 0.15) is 6.10 Å². The Morgan fingerprint density at radius 2 is 1.96 bits per heavy atom. The molecule has 0 aliphatic rings. The first kappa shape index (κ1) is 18.6. The lowest BCUT2D eigenvalue weighted by molar-refractivity contribution is 0.224. The van der Waals surface area contributed by atoms with Gasteiger partial charge in [-0.2, -0.15) is 11.3 Å². The predicted molar refractivity (Wildman–Crippen MR) is 104 cm³/mol. The fourth-order valence-electron chi connectivity index (χ4n) is 2.28. The SMILES string of the molecule is O=S(=O)(Cc1ccccc1Cl)NCc1ccc(C(O)c2ccsc2)s1.